The van der Waals surface area contributed by atoms with E-state index in [2.05, 4.69) is 0 Å². The van der Waals surface area contributed by atoms with Gasteiger partial charge in [0.2, 0.25) is 0 Å². The van der Waals surface area contributed by atoms with Crippen molar-refractivity contribution >= 4 is 17.9 Å². The summed E-state index contributed by atoms with van der Waals surface area (Å²) in [7, 11) is 0. The molecule has 0 radical (unpaired) electrons. The van der Waals surface area contributed by atoms with E-state index in [-0.39, 0.29) is 29.1 Å². The van der Waals surface area contributed by atoms with Crippen molar-refractivity contribution in [2.75, 3.05) is 0 Å². The first kappa shape index (κ1) is 18.8. The van der Waals surface area contributed by atoms with Gasteiger partial charge in [0.1, 0.15) is 45.9 Å². The molecule has 0 bridgehead atoms. The van der Waals surface area contributed by atoms with E-state index in [0.29, 0.717) is 17.1 Å². The van der Waals surface area contributed by atoms with E-state index in [1.165, 1.54) is 6.07 Å². The van der Waals surface area contributed by atoms with Crippen LogP contribution in [0.1, 0.15) is 67.3 Å². The summed E-state index contributed by atoms with van der Waals surface area (Å²) in [4.78, 5) is 12.9. The maximum absolute atomic E-state index is 12.9. The number of phenolic OH excluding ortho intramolecular Hbond substituents is 1. The second-order valence-electron chi connectivity index (χ2n) is 9.12. The molecule has 0 amide bonds. The first-order valence-corrected chi connectivity index (χ1v) is 10.1. The van der Waals surface area contributed by atoms with Gasteiger partial charge in [-0.3, -0.25) is 4.79 Å². The standard InChI is InChI=1S/C25H24O5/c1-24(2)9-7-15-11-14(5-6-19(15)29-24)20-12-17(26)22-18(27)13-21-16(23(22)28-20)8-10-25(3,4)30-21/h5-11,13,20,27H,12H2,1-4H3/t20-/m0/s1. The molecule has 0 saturated heterocycles. The Labute approximate surface area is 175 Å². The van der Waals surface area contributed by atoms with E-state index in [1.54, 1.807) is 0 Å². The number of fused-ring (bicyclic) bond motifs is 4. The fourth-order valence-electron chi connectivity index (χ4n) is 4.11. The van der Waals surface area contributed by atoms with Crippen LogP contribution >= 0.6 is 0 Å². The molecular formula is C25H24O5. The smallest absolute Gasteiger partial charge is 0.174 e. The molecule has 3 heterocycles. The minimum absolute atomic E-state index is 0.109. The van der Waals surface area contributed by atoms with Crippen molar-refractivity contribution in [3.05, 3.63) is 58.7 Å². The Morgan fingerprint density at radius 3 is 2.43 bits per heavy atom. The Morgan fingerprint density at radius 1 is 0.967 bits per heavy atom. The molecule has 5 heteroatoms. The van der Waals surface area contributed by atoms with Crippen LogP contribution in [0.15, 0.2) is 36.4 Å². The van der Waals surface area contributed by atoms with E-state index in [1.807, 2.05) is 70.2 Å². The molecule has 0 saturated carbocycles. The van der Waals surface area contributed by atoms with Crippen LogP contribution in [-0.2, 0) is 0 Å². The topological polar surface area (TPSA) is 65.0 Å². The molecule has 30 heavy (non-hydrogen) atoms. The SMILES string of the molecule is CC1(C)C=Cc2cc([C@@H]3CC(=O)c4c(O)cc5c(c4O3)C=CC(C)(C)O5)ccc2O1. The Hall–Kier alpha value is -3.21. The molecular weight excluding hydrogens is 380 g/mol. The minimum atomic E-state index is -0.496. The van der Waals surface area contributed by atoms with Crippen LogP contribution in [0.5, 0.6) is 23.0 Å². The van der Waals surface area contributed by atoms with Gasteiger partial charge >= 0.3 is 0 Å². The summed E-state index contributed by atoms with van der Waals surface area (Å²) >= 11 is 0. The third-order valence-electron chi connectivity index (χ3n) is 5.64. The van der Waals surface area contributed by atoms with Gasteiger partial charge in [0.25, 0.3) is 0 Å². The van der Waals surface area contributed by atoms with Crippen molar-refractivity contribution in [3.63, 3.8) is 0 Å². The molecule has 1 N–H and O–H groups in total. The summed E-state index contributed by atoms with van der Waals surface area (Å²) in [6.45, 7) is 7.88. The molecule has 0 unspecified atom stereocenters. The largest absolute Gasteiger partial charge is 0.507 e. The van der Waals surface area contributed by atoms with Crippen molar-refractivity contribution in [1.82, 2.24) is 0 Å². The number of ether oxygens (including phenoxy) is 3. The zero-order chi connectivity index (χ0) is 21.3. The highest BCUT2D eigenvalue weighted by atomic mass is 16.5. The Morgan fingerprint density at radius 2 is 1.67 bits per heavy atom. The van der Waals surface area contributed by atoms with Crippen LogP contribution in [0.4, 0.5) is 0 Å². The fourth-order valence-corrected chi connectivity index (χ4v) is 4.11. The average molecular weight is 404 g/mol. The van der Waals surface area contributed by atoms with Crippen LogP contribution in [0.25, 0.3) is 12.2 Å². The van der Waals surface area contributed by atoms with E-state index in [4.69, 9.17) is 14.2 Å². The first-order chi connectivity index (χ1) is 14.1. The molecule has 154 valence electrons. The highest BCUT2D eigenvalue weighted by Gasteiger charge is 2.36. The molecule has 0 spiro atoms. The summed E-state index contributed by atoms with van der Waals surface area (Å²) < 4.78 is 18.3. The van der Waals surface area contributed by atoms with E-state index in [0.717, 1.165) is 16.9 Å². The number of benzene rings is 2. The van der Waals surface area contributed by atoms with Crippen LogP contribution < -0.4 is 14.2 Å². The lowest BCUT2D eigenvalue weighted by Gasteiger charge is -2.33. The zero-order valence-corrected chi connectivity index (χ0v) is 17.5. The van der Waals surface area contributed by atoms with Crippen molar-refractivity contribution in [3.8, 4) is 23.0 Å². The lowest BCUT2D eigenvalue weighted by Crippen LogP contribution is -2.29. The Kier molecular flexibility index (Phi) is 3.85. The number of aromatic hydroxyl groups is 1. The predicted octanol–water partition coefficient (Wildman–Crippen LogP) is 5.47. The van der Waals surface area contributed by atoms with Gasteiger partial charge in [-0.25, -0.2) is 0 Å². The van der Waals surface area contributed by atoms with Crippen molar-refractivity contribution in [2.24, 2.45) is 0 Å². The summed E-state index contributed by atoms with van der Waals surface area (Å²) in [6.07, 6.45) is 7.58. The highest BCUT2D eigenvalue weighted by Crippen LogP contribution is 2.48. The maximum Gasteiger partial charge on any atom is 0.174 e. The van der Waals surface area contributed by atoms with E-state index in [9.17, 15) is 9.90 Å². The summed E-state index contributed by atoms with van der Waals surface area (Å²) in [6, 6.07) is 7.35. The van der Waals surface area contributed by atoms with Gasteiger partial charge in [0.15, 0.2) is 5.78 Å². The zero-order valence-electron chi connectivity index (χ0n) is 17.5. The van der Waals surface area contributed by atoms with Crippen LogP contribution in [0.3, 0.4) is 0 Å². The molecule has 5 nitrogen and oxygen atoms in total. The van der Waals surface area contributed by atoms with E-state index >= 15 is 0 Å². The summed E-state index contributed by atoms with van der Waals surface area (Å²) in [5.41, 5.74) is 1.91. The van der Waals surface area contributed by atoms with Crippen molar-refractivity contribution in [1.29, 1.82) is 0 Å². The lowest BCUT2D eigenvalue weighted by atomic mass is 9.91. The van der Waals surface area contributed by atoms with Crippen LogP contribution in [0, 0.1) is 0 Å². The Bertz CT molecular complexity index is 1140. The van der Waals surface area contributed by atoms with Crippen molar-refractivity contribution in [2.45, 2.75) is 51.4 Å². The number of ketones is 1. The third-order valence-corrected chi connectivity index (χ3v) is 5.64. The quantitative estimate of drug-likeness (QED) is 0.683. The number of rotatable bonds is 1. The van der Waals surface area contributed by atoms with E-state index < -0.39 is 11.7 Å². The van der Waals surface area contributed by atoms with Gasteiger partial charge in [-0.15, -0.1) is 0 Å². The maximum atomic E-state index is 12.9. The second kappa shape index (κ2) is 6.14. The normalized spacial score (nSPS) is 22.1. The molecule has 0 aliphatic carbocycles. The number of phenols is 1. The van der Waals surface area contributed by atoms with Gasteiger partial charge in [-0.2, -0.15) is 0 Å². The monoisotopic (exact) mass is 404 g/mol. The molecule has 5 rings (SSSR count). The van der Waals surface area contributed by atoms with Crippen LogP contribution in [0.2, 0.25) is 0 Å². The number of Topliss-reactive ketones (excluding diaryl/α,β-unsaturated/α-hetero) is 1. The van der Waals surface area contributed by atoms with Gasteiger partial charge in [-0.1, -0.05) is 12.1 Å². The predicted molar refractivity (Wildman–Crippen MR) is 114 cm³/mol. The van der Waals surface area contributed by atoms with Crippen LogP contribution in [-0.4, -0.2) is 22.1 Å². The molecule has 2 aromatic carbocycles. The fraction of sp³-hybridized carbons (Fsp3) is 0.320. The van der Waals surface area contributed by atoms with Gasteiger partial charge in [0, 0.05) is 11.6 Å². The Balaban J connectivity index is 1.55. The number of carbonyl (C=O) groups is 1. The molecule has 1 atom stereocenters. The summed E-state index contributed by atoms with van der Waals surface area (Å²) in [5, 5.41) is 10.5. The molecule has 0 aromatic heterocycles. The summed E-state index contributed by atoms with van der Waals surface area (Å²) in [5.74, 6) is 1.44. The minimum Gasteiger partial charge on any atom is -0.507 e. The average Bonchev–Trinajstić information content (AvgIpc) is 2.65. The van der Waals surface area contributed by atoms with Gasteiger partial charge in [-0.05, 0) is 63.6 Å². The number of hydrogen-bond acceptors (Lipinski definition) is 5. The molecule has 2 aromatic rings. The molecule has 3 aliphatic heterocycles. The lowest BCUT2D eigenvalue weighted by molar-refractivity contribution is 0.0841. The number of carbonyl (C=O) groups excluding carboxylic acids is 1. The van der Waals surface area contributed by atoms with Crippen molar-refractivity contribution < 1.29 is 24.1 Å². The molecule has 0 fully saturated rings. The second-order valence-corrected chi connectivity index (χ2v) is 9.12. The third kappa shape index (κ3) is 3.05. The van der Waals surface area contributed by atoms with Gasteiger partial charge in [0.05, 0.1) is 12.0 Å². The molecule has 3 aliphatic rings. The first-order valence-electron chi connectivity index (χ1n) is 10.1. The highest BCUT2D eigenvalue weighted by molar-refractivity contribution is 6.04. The number of hydrogen-bond donors (Lipinski definition) is 1. The van der Waals surface area contributed by atoms with Gasteiger partial charge < -0.3 is 19.3 Å².